The van der Waals surface area contributed by atoms with Crippen molar-refractivity contribution in [3.8, 4) is 5.75 Å². The Morgan fingerprint density at radius 3 is 2.74 bits per heavy atom. The molecule has 0 unspecified atom stereocenters. The Labute approximate surface area is 145 Å². The third kappa shape index (κ3) is 7.23. The van der Waals surface area contributed by atoms with Crippen molar-refractivity contribution >= 4 is 5.97 Å². The van der Waals surface area contributed by atoms with Crippen molar-refractivity contribution in [3.63, 3.8) is 0 Å². The van der Waals surface area contributed by atoms with Gasteiger partial charge in [0.2, 0.25) is 0 Å². The first-order valence-electron chi connectivity index (χ1n) is 7.40. The third-order valence-corrected chi connectivity index (χ3v) is 3.00. The van der Waals surface area contributed by atoms with Crippen LogP contribution >= 0.6 is 0 Å². The van der Waals surface area contributed by atoms with Crippen LogP contribution in [0.15, 0.2) is 30.7 Å². The zero-order valence-corrected chi connectivity index (χ0v) is 14.7. The van der Waals surface area contributed by atoms with E-state index >= 15 is 0 Å². The van der Waals surface area contributed by atoms with Gasteiger partial charge in [-0.25, -0.2) is 4.57 Å². The summed E-state index contributed by atoms with van der Waals surface area (Å²) in [7, 11) is 0. The third-order valence-electron chi connectivity index (χ3n) is 3.00. The van der Waals surface area contributed by atoms with Gasteiger partial charge in [-0.3, -0.25) is 4.79 Å². The summed E-state index contributed by atoms with van der Waals surface area (Å²) in [5.41, 5.74) is 0.772. The van der Waals surface area contributed by atoms with E-state index in [4.69, 9.17) is 9.47 Å². The standard InChI is InChI=1S/C15H21N4O3.BrH/c1-2-7-19-8-3-14(4-9-19)21-11-6-15(20)22-10-5-13-12-16-18-17-13;/h3-4,8-9,12H,2,5-7,10-11H2,1H3,(H,16,17,18);1H/q+1;/p-1. The first kappa shape index (κ1) is 19.1. The number of hydrogen-bond acceptors (Lipinski definition) is 5. The van der Waals surface area contributed by atoms with E-state index in [0.717, 1.165) is 24.4 Å². The van der Waals surface area contributed by atoms with Crippen LogP contribution < -0.4 is 26.3 Å². The Morgan fingerprint density at radius 1 is 1.30 bits per heavy atom. The number of hydrogen-bond donors (Lipinski definition) is 1. The van der Waals surface area contributed by atoms with Gasteiger partial charge in [0, 0.05) is 25.0 Å². The average Bonchev–Trinajstić information content (AvgIpc) is 3.03. The van der Waals surface area contributed by atoms with Gasteiger partial charge in [0.15, 0.2) is 12.4 Å². The van der Waals surface area contributed by atoms with E-state index in [1.54, 1.807) is 6.20 Å². The van der Waals surface area contributed by atoms with Crippen LogP contribution in [0.25, 0.3) is 0 Å². The van der Waals surface area contributed by atoms with Crippen molar-refractivity contribution in [2.45, 2.75) is 32.7 Å². The van der Waals surface area contributed by atoms with Crippen molar-refractivity contribution in [3.05, 3.63) is 36.4 Å². The minimum Gasteiger partial charge on any atom is -1.00 e. The van der Waals surface area contributed by atoms with Crippen LogP contribution in [-0.2, 0) is 22.5 Å². The number of nitrogens with zero attached hydrogens (tertiary/aromatic N) is 3. The van der Waals surface area contributed by atoms with Gasteiger partial charge in [0.1, 0.15) is 12.3 Å². The van der Waals surface area contributed by atoms with Crippen LogP contribution in [-0.4, -0.2) is 34.6 Å². The maximum atomic E-state index is 11.6. The molecule has 0 saturated carbocycles. The number of rotatable bonds is 9. The van der Waals surface area contributed by atoms with Gasteiger partial charge in [-0.15, -0.1) is 0 Å². The van der Waals surface area contributed by atoms with Crippen LogP contribution in [0.5, 0.6) is 5.75 Å². The summed E-state index contributed by atoms with van der Waals surface area (Å²) in [6, 6.07) is 3.79. The van der Waals surface area contributed by atoms with Crippen molar-refractivity contribution in [2.24, 2.45) is 0 Å². The predicted molar refractivity (Wildman–Crippen MR) is 78.1 cm³/mol. The zero-order chi connectivity index (χ0) is 15.6. The normalized spacial score (nSPS) is 9.96. The molecular formula is C15H21BrN4O3. The first-order chi connectivity index (χ1) is 10.8. The molecule has 0 aliphatic carbocycles. The highest BCUT2D eigenvalue weighted by molar-refractivity contribution is 5.69. The number of aromatic amines is 1. The van der Waals surface area contributed by atoms with Gasteiger partial charge in [-0.05, 0) is 0 Å². The lowest BCUT2D eigenvalue weighted by Gasteiger charge is -2.06. The fourth-order valence-electron chi connectivity index (χ4n) is 1.89. The number of aromatic nitrogens is 4. The average molecular weight is 385 g/mol. The van der Waals surface area contributed by atoms with Gasteiger partial charge in [0.05, 0.1) is 31.5 Å². The molecule has 2 aromatic heterocycles. The van der Waals surface area contributed by atoms with Crippen LogP contribution in [0, 0.1) is 0 Å². The molecule has 0 fully saturated rings. The molecule has 0 atom stereocenters. The lowest BCUT2D eigenvalue weighted by atomic mass is 10.3. The molecular weight excluding hydrogens is 364 g/mol. The lowest BCUT2D eigenvalue weighted by Crippen LogP contribution is -3.00. The topological polar surface area (TPSA) is 81.0 Å². The van der Waals surface area contributed by atoms with Crippen LogP contribution in [0.1, 0.15) is 25.5 Å². The molecule has 0 aliphatic heterocycles. The number of aryl methyl sites for hydroxylation is 1. The highest BCUT2D eigenvalue weighted by atomic mass is 79.9. The second-order valence-electron chi connectivity index (χ2n) is 4.80. The minimum atomic E-state index is -0.277. The summed E-state index contributed by atoms with van der Waals surface area (Å²) in [5.74, 6) is 0.475. The Morgan fingerprint density at radius 2 is 2.09 bits per heavy atom. The van der Waals surface area contributed by atoms with Gasteiger partial charge < -0.3 is 26.5 Å². The molecule has 0 saturated heterocycles. The molecule has 2 heterocycles. The van der Waals surface area contributed by atoms with Gasteiger partial charge in [0.25, 0.3) is 0 Å². The maximum absolute atomic E-state index is 11.6. The molecule has 0 bridgehead atoms. The highest BCUT2D eigenvalue weighted by Crippen LogP contribution is 2.06. The number of H-pyrrole nitrogens is 1. The molecule has 0 amide bonds. The lowest BCUT2D eigenvalue weighted by molar-refractivity contribution is -0.697. The number of nitrogens with one attached hydrogen (secondary N) is 1. The summed E-state index contributed by atoms with van der Waals surface area (Å²) in [6.07, 6.45) is 7.41. The molecule has 0 radical (unpaired) electrons. The monoisotopic (exact) mass is 384 g/mol. The van der Waals surface area contributed by atoms with Crippen molar-refractivity contribution < 1.29 is 35.8 Å². The van der Waals surface area contributed by atoms with Crippen LogP contribution in [0.3, 0.4) is 0 Å². The van der Waals surface area contributed by atoms with Gasteiger partial charge in [-0.1, -0.05) is 6.92 Å². The Kier molecular flexibility index (Phi) is 8.89. The maximum Gasteiger partial charge on any atom is 0.309 e. The molecule has 8 heteroatoms. The second-order valence-corrected chi connectivity index (χ2v) is 4.80. The predicted octanol–water partition coefficient (Wildman–Crippen LogP) is -1.94. The summed E-state index contributed by atoms with van der Waals surface area (Å²) < 4.78 is 12.7. The summed E-state index contributed by atoms with van der Waals surface area (Å²) in [4.78, 5) is 11.6. The first-order valence-corrected chi connectivity index (χ1v) is 7.40. The van der Waals surface area contributed by atoms with Crippen molar-refractivity contribution in [1.29, 1.82) is 0 Å². The van der Waals surface area contributed by atoms with Crippen molar-refractivity contribution in [1.82, 2.24) is 15.4 Å². The van der Waals surface area contributed by atoms with E-state index in [-0.39, 0.29) is 29.4 Å². The van der Waals surface area contributed by atoms with E-state index in [9.17, 15) is 4.79 Å². The molecule has 0 aromatic carbocycles. The Hall–Kier alpha value is -1.96. The fraction of sp³-hybridized carbons (Fsp3) is 0.467. The Bertz CT molecular complexity index is 561. The fourth-order valence-corrected chi connectivity index (χ4v) is 1.89. The summed E-state index contributed by atoms with van der Waals surface area (Å²) in [5, 5.41) is 10.1. The minimum absolute atomic E-state index is 0. The molecule has 0 spiro atoms. The molecule has 0 aliphatic rings. The van der Waals surface area contributed by atoms with Crippen LogP contribution in [0.4, 0.5) is 0 Å². The number of carbonyl (C=O) groups excluding carboxylic acids is 1. The molecule has 126 valence electrons. The van der Waals surface area contributed by atoms with E-state index in [1.807, 2.05) is 24.5 Å². The Balaban J connectivity index is 0.00000264. The number of halogens is 1. The highest BCUT2D eigenvalue weighted by Gasteiger charge is 2.06. The smallest absolute Gasteiger partial charge is 0.309 e. The number of pyridine rings is 1. The molecule has 7 nitrogen and oxygen atoms in total. The molecule has 23 heavy (non-hydrogen) atoms. The number of esters is 1. The largest absolute Gasteiger partial charge is 1.00 e. The summed E-state index contributed by atoms with van der Waals surface area (Å²) in [6.45, 7) is 3.72. The zero-order valence-electron chi connectivity index (χ0n) is 13.1. The second kappa shape index (κ2) is 10.7. The SMILES string of the molecule is CCC[n+]1ccc(OCCC(=O)OCCc2cn[nH]n2)cc1.[Br-]. The van der Waals surface area contributed by atoms with Crippen molar-refractivity contribution in [2.75, 3.05) is 13.2 Å². The van der Waals surface area contributed by atoms with E-state index in [1.165, 1.54) is 0 Å². The van der Waals surface area contributed by atoms with E-state index < -0.39 is 0 Å². The van der Waals surface area contributed by atoms with Crippen LogP contribution in [0.2, 0.25) is 0 Å². The van der Waals surface area contributed by atoms with E-state index in [0.29, 0.717) is 19.6 Å². The molecule has 2 aromatic rings. The number of ether oxygens (including phenoxy) is 2. The number of carbonyl (C=O) groups is 1. The molecule has 2 rings (SSSR count). The van der Waals surface area contributed by atoms with E-state index in [2.05, 4.69) is 26.9 Å². The molecule has 1 N–H and O–H groups in total. The van der Waals surface area contributed by atoms with Gasteiger partial charge in [-0.2, -0.15) is 15.4 Å². The quantitative estimate of drug-likeness (QED) is 0.402. The summed E-state index contributed by atoms with van der Waals surface area (Å²) >= 11 is 0. The van der Waals surface area contributed by atoms with Gasteiger partial charge >= 0.3 is 5.97 Å².